The number of aromatic nitrogens is 2. The van der Waals surface area contributed by atoms with E-state index in [4.69, 9.17) is 0 Å². The van der Waals surface area contributed by atoms with E-state index in [1.54, 1.807) is 0 Å². The van der Waals surface area contributed by atoms with Crippen LogP contribution in [0, 0.1) is 0 Å². The maximum absolute atomic E-state index is 12.0. The van der Waals surface area contributed by atoms with Gasteiger partial charge in [-0.1, -0.05) is 0 Å². The van der Waals surface area contributed by atoms with Gasteiger partial charge < -0.3 is 0 Å². The predicted octanol–water partition coefficient (Wildman–Crippen LogP) is 1.55. The van der Waals surface area contributed by atoms with Crippen LogP contribution in [0.25, 0.3) is 0 Å². The first-order chi connectivity index (χ1) is 5.13. The Bertz CT molecular complexity index is 269. The molecular weight excluding hydrogens is 154 g/mol. The van der Waals surface area contributed by atoms with Gasteiger partial charge in [0.25, 0.3) is 6.43 Å². The van der Waals surface area contributed by atoms with Gasteiger partial charge in [0, 0.05) is 6.20 Å². The van der Waals surface area contributed by atoms with Gasteiger partial charge in [0.05, 0.1) is 5.56 Å². The van der Waals surface area contributed by atoms with E-state index in [1.807, 2.05) is 0 Å². The van der Waals surface area contributed by atoms with Crippen molar-refractivity contribution in [1.29, 1.82) is 0 Å². The third kappa shape index (κ3) is 1.42. The molecule has 0 unspecified atom stereocenters. The zero-order valence-electron chi connectivity index (χ0n) is 5.77. The summed E-state index contributed by atoms with van der Waals surface area (Å²) in [4.78, 5) is 10.6. The molecule has 11 heavy (non-hydrogen) atoms. The molecule has 0 fully saturated rings. The number of halogens is 2. The van der Waals surface area contributed by atoms with E-state index in [2.05, 4.69) is 10.2 Å². The summed E-state index contributed by atoms with van der Waals surface area (Å²) in [5.74, 6) is -0.408. The third-order valence-electron chi connectivity index (χ3n) is 1.26. The van der Waals surface area contributed by atoms with Crippen LogP contribution in [0.3, 0.4) is 0 Å². The number of rotatable bonds is 2. The summed E-state index contributed by atoms with van der Waals surface area (Å²) in [5, 5.41) is 5.45. The zero-order chi connectivity index (χ0) is 8.43. The van der Waals surface area contributed by atoms with E-state index in [1.165, 1.54) is 13.1 Å². The molecule has 60 valence electrons. The fraction of sp³-hybridized carbons (Fsp3) is 0.333. The highest BCUT2D eigenvalue weighted by Gasteiger charge is 2.18. The molecule has 0 spiro atoms. The number of Topliss-reactive ketones (excluding diaryl/α,β-unsaturated/α-hetero) is 1. The molecule has 0 atom stereocenters. The topological polar surface area (TPSA) is 45.8 Å². The summed E-state index contributed by atoms with van der Waals surface area (Å²) in [6.45, 7) is 1.22. The second-order valence-electron chi connectivity index (χ2n) is 2.04. The summed E-state index contributed by atoms with van der Waals surface area (Å²) < 4.78 is 24.0. The smallest absolute Gasteiger partial charge is 0.282 e. The monoisotopic (exact) mass is 160 g/mol. The van der Waals surface area contributed by atoms with Gasteiger partial charge in [0.2, 0.25) is 0 Å². The number of aromatic amines is 1. The van der Waals surface area contributed by atoms with Crippen LogP contribution in [0.15, 0.2) is 6.20 Å². The molecule has 1 aromatic heterocycles. The average molecular weight is 160 g/mol. The highest BCUT2D eigenvalue weighted by molar-refractivity contribution is 5.94. The van der Waals surface area contributed by atoms with Crippen LogP contribution in [0.1, 0.15) is 29.4 Å². The lowest BCUT2D eigenvalue weighted by atomic mass is 10.2. The second-order valence-corrected chi connectivity index (χ2v) is 2.04. The first-order valence-electron chi connectivity index (χ1n) is 2.95. The third-order valence-corrected chi connectivity index (χ3v) is 1.26. The molecule has 0 bridgehead atoms. The number of hydrogen-bond donors (Lipinski definition) is 1. The Morgan fingerprint density at radius 1 is 1.73 bits per heavy atom. The highest BCUT2D eigenvalue weighted by atomic mass is 19.3. The molecule has 0 amide bonds. The molecule has 1 N–H and O–H groups in total. The fourth-order valence-corrected chi connectivity index (χ4v) is 0.749. The van der Waals surface area contributed by atoms with Crippen molar-refractivity contribution in [3.63, 3.8) is 0 Å². The molecule has 1 aromatic rings. The largest absolute Gasteiger partial charge is 0.294 e. The average Bonchev–Trinajstić information content (AvgIpc) is 2.32. The van der Waals surface area contributed by atoms with Crippen molar-refractivity contribution in [2.75, 3.05) is 0 Å². The Morgan fingerprint density at radius 3 is 2.73 bits per heavy atom. The van der Waals surface area contributed by atoms with Gasteiger partial charge in [-0.25, -0.2) is 8.78 Å². The maximum atomic E-state index is 12.0. The number of hydrogen-bond acceptors (Lipinski definition) is 2. The van der Waals surface area contributed by atoms with E-state index in [0.29, 0.717) is 0 Å². The molecule has 0 saturated heterocycles. The molecule has 1 heterocycles. The molecule has 0 aliphatic rings. The molecule has 5 heteroatoms. The summed E-state index contributed by atoms with van der Waals surface area (Å²) >= 11 is 0. The molecular formula is C6H6F2N2O. The molecule has 0 radical (unpaired) electrons. The minimum atomic E-state index is -2.69. The van der Waals surface area contributed by atoms with Crippen molar-refractivity contribution in [3.05, 3.63) is 17.5 Å². The Labute approximate surface area is 61.4 Å². The number of nitrogens with zero attached hydrogens (tertiary/aromatic N) is 1. The van der Waals surface area contributed by atoms with Crippen molar-refractivity contribution in [2.45, 2.75) is 13.3 Å². The minimum absolute atomic E-state index is 0.0417. The van der Waals surface area contributed by atoms with Gasteiger partial charge in [0.1, 0.15) is 5.69 Å². The summed E-state index contributed by atoms with van der Waals surface area (Å²) in [6, 6.07) is 0. The fourth-order valence-electron chi connectivity index (χ4n) is 0.749. The SMILES string of the molecule is CC(=O)c1c[nH]nc1C(F)F. The standard InChI is InChI=1S/C6H6F2N2O/c1-3(11)4-2-9-10-5(4)6(7)8/h2,6H,1H3,(H,9,10). The molecule has 0 aliphatic heterocycles. The Hall–Kier alpha value is -1.26. The van der Waals surface area contributed by atoms with Crippen LogP contribution in [0.4, 0.5) is 8.78 Å². The van der Waals surface area contributed by atoms with Crippen molar-refractivity contribution < 1.29 is 13.6 Å². The van der Waals surface area contributed by atoms with Crippen LogP contribution in [-0.2, 0) is 0 Å². The Morgan fingerprint density at radius 2 is 2.36 bits per heavy atom. The van der Waals surface area contributed by atoms with Crippen LogP contribution >= 0.6 is 0 Å². The van der Waals surface area contributed by atoms with E-state index in [0.717, 1.165) is 0 Å². The molecule has 0 saturated carbocycles. The van der Waals surface area contributed by atoms with Crippen molar-refractivity contribution in [1.82, 2.24) is 10.2 Å². The number of alkyl halides is 2. The number of carbonyl (C=O) groups is 1. The molecule has 0 aliphatic carbocycles. The van der Waals surface area contributed by atoms with E-state index < -0.39 is 17.9 Å². The lowest BCUT2D eigenvalue weighted by Crippen LogP contribution is -1.96. The minimum Gasteiger partial charge on any atom is -0.294 e. The lowest BCUT2D eigenvalue weighted by molar-refractivity contribution is 0.0997. The van der Waals surface area contributed by atoms with E-state index >= 15 is 0 Å². The summed E-state index contributed by atoms with van der Waals surface area (Å²) in [6.07, 6.45) is -1.52. The van der Waals surface area contributed by atoms with Gasteiger partial charge in [-0.2, -0.15) is 5.10 Å². The number of H-pyrrole nitrogens is 1. The van der Waals surface area contributed by atoms with Crippen LogP contribution in [0.5, 0.6) is 0 Å². The molecule has 1 rings (SSSR count). The first kappa shape index (κ1) is 7.84. The zero-order valence-corrected chi connectivity index (χ0v) is 5.77. The Balaban J connectivity index is 3.06. The lowest BCUT2D eigenvalue weighted by Gasteiger charge is -1.94. The predicted molar refractivity (Wildman–Crippen MR) is 33.5 cm³/mol. The van der Waals surface area contributed by atoms with Gasteiger partial charge in [-0.15, -0.1) is 0 Å². The summed E-state index contributed by atoms with van der Waals surface area (Å²) in [5.41, 5.74) is -0.516. The van der Waals surface area contributed by atoms with Gasteiger partial charge in [-0.05, 0) is 6.92 Å². The normalized spacial score (nSPS) is 10.5. The van der Waals surface area contributed by atoms with Gasteiger partial charge in [0.15, 0.2) is 5.78 Å². The number of carbonyl (C=O) groups excluding carboxylic acids is 1. The number of nitrogens with one attached hydrogen (secondary N) is 1. The second kappa shape index (κ2) is 2.77. The highest BCUT2D eigenvalue weighted by Crippen LogP contribution is 2.19. The quantitative estimate of drug-likeness (QED) is 0.667. The van der Waals surface area contributed by atoms with Crippen molar-refractivity contribution >= 4 is 5.78 Å². The molecule has 0 aromatic carbocycles. The van der Waals surface area contributed by atoms with Crippen LogP contribution in [0.2, 0.25) is 0 Å². The summed E-state index contributed by atoms with van der Waals surface area (Å²) in [7, 11) is 0. The van der Waals surface area contributed by atoms with Crippen LogP contribution < -0.4 is 0 Å². The van der Waals surface area contributed by atoms with Crippen molar-refractivity contribution in [2.24, 2.45) is 0 Å². The Kier molecular flexibility index (Phi) is 1.98. The van der Waals surface area contributed by atoms with Gasteiger partial charge in [-0.3, -0.25) is 9.89 Å². The van der Waals surface area contributed by atoms with Crippen LogP contribution in [-0.4, -0.2) is 16.0 Å². The number of ketones is 1. The van der Waals surface area contributed by atoms with Crippen molar-refractivity contribution in [3.8, 4) is 0 Å². The maximum Gasteiger partial charge on any atom is 0.282 e. The van der Waals surface area contributed by atoms with E-state index in [-0.39, 0.29) is 5.56 Å². The molecule has 3 nitrogen and oxygen atoms in total. The first-order valence-corrected chi connectivity index (χ1v) is 2.95. The van der Waals surface area contributed by atoms with E-state index in [9.17, 15) is 13.6 Å². The van der Waals surface area contributed by atoms with Gasteiger partial charge >= 0.3 is 0 Å².